The highest BCUT2D eigenvalue weighted by Gasteiger charge is 2.16. The number of allylic oxidation sites excluding steroid dienone is 2. The smallest absolute Gasteiger partial charge is 0.101 e. The molecule has 1 heterocycles. The normalized spacial score (nSPS) is 15.6. The standard InChI is InChI=1S/C23H30N4/c1-16-11-13-27(14-12-16)19-9-7-18(8-10-19)21(23(25)26)15-22(24)20-6-4-3-5-17(20)2/h3-10,15-16H,11-14,24-26H2,1-2H3/b22-15-. The molecule has 142 valence electrons. The van der Waals surface area contributed by atoms with E-state index in [2.05, 4.69) is 36.1 Å². The van der Waals surface area contributed by atoms with Gasteiger partial charge in [0, 0.05) is 35.6 Å². The van der Waals surface area contributed by atoms with E-state index in [1.54, 1.807) is 0 Å². The van der Waals surface area contributed by atoms with Gasteiger partial charge >= 0.3 is 0 Å². The van der Waals surface area contributed by atoms with Crippen molar-refractivity contribution in [2.45, 2.75) is 26.7 Å². The molecule has 0 aliphatic carbocycles. The highest BCUT2D eigenvalue weighted by Crippen LogP contribution is 2.27. The van der Waals surface area contributed by atoms with Crippen molar-refractivity contribution in [3.8, 4) is 0 Å². The number of hydrogen-bond acceptors (Lipinski definition) is 4. The zero-order valence-electron chi connectivity index (χ0n) is 16.3. The van der Waals surface area contributed by atoms with Gasteiger partial charge in [-0.1, -0.05) is 43.3 Å². The predicted molar refractivity (Wildman–Crippen MR) is 116 cm³/mol. The molecule has 2 aromatic rings. The van der Waals surface area contributed by atoms with Gasteiger partial charge in [-0.3, -0.25) is 0 Å². The molecule has 1 aliphatic rings. The number of benzene rings is 2. The summed E-state index contributed by atoms with van der Waals surface area (Å²) in [6, 6.07) is 16.5. The monoisotopic (exact) mass is 362 g/mol. The van der Waals surface area contributed by atoms with Gasteiger partial charge in [-0.05, 0) is 55.0 Å². The van der Waals surface area contributed by atoms with E-state index in [0.29, 0.717) is 5.70 Å². The van der Waals surface area contributed by atoms with Crippen LogP contribution < -0.4 is 22.1 Å². The molecule has 27 heavy (non-hydrogen) atoms. The van der Waals surface area contributed by atoms with Crippen molar-refractivity contribution in [3.63, 3.8) is 0 Å². The average Bonchev–Trinajstić information content (AvgIpc) is 2.67. The van der Waals surface area contributed by atoms with E-state index in [-0.39, 0.29) is 5.82 Å². The molecular formula is C23H30N4. The third-order valence-electron chi connectivity index (χ3n) is 5.39. The Hall–Kier alpha value is -2.88. The maximum Gasteiger partial charge on any atom is 0.101 e. The van der Waals surface area contributed by atoms with Crippen LogP contribution >= 0.6 is 0 Å². The Balaban J connectivity index is 1.85. The molecule has 3 rings (SSSR count). The van der Waals surface area contributed by atoms with Crippen LogP contribution in [0.25, 0.3) is 11.3 Å². The second-order valence-corrected chi connectivity index (χ2v) is 7.50. The van der Waals surface area contributed by atoms with Gasteiger partial charge in [0.25, 0.3) is 0 Å². The molecule has 1 saturated heterocycles. The van der Waals surface area contributed by atoms with Crippen LogP contribution in [0.5, 0.6) is 0 Å². The Morgan fingerprint density at radius 3 is 2.19 bits per heavy atom. The third kappa shape index (κ3) is 4.45. The second kappa shape index (κ2) is 8.21. The van der Waals surface area contributed by atoms with Crippen molar-refractivity contribution in [2.75, 3.05) is 18.0 Å². The van der Waals surface area contributed by atoms with Crippen LogP contribution in [0, 0.1) is 12.8 Å². The summed E-state index contributed by atoms with van der Waals surface area (Å²) < 4.78 is 0. The zero-order chi connectivity index (χ0) is 19.4. The van der Waals surface area contributed by atoms with Crippen molar-refractivity contribution in [1.29, 1.82) is 0 Å². The van der Waals surface area contributed by atoms with E-state index < -0.39 is 0 Å². The molecule has 0 aromatic heterocycles. The fraction of sp³-hybridized carbons (Fsp3) is 0.304. The van der Waals surface area contributed by atoms with E-state index in [9.17, 15) is 0 Å². The van der Waals surface area contributed by atoms with Crippen LogP contribution in [-0.4, -0.2) is 13.1 Å². The predicted octanol–water partition coefficient (Wildman–Crippen LogP) is 3.82. The second-order valence-electron chi connectivity index (χ2n) is 7.50. The van der Waals surface area contributed by atoms with E-state index in [1.807, 2.05) is 37.3 Å². The number of aryl methyl sites for hydroxylation is 1. The lowest BCUT2D eigenvalue weighted by molar-refractivity contribution is 0.438. The lowest BCUT2D eigenvalue weighted by Crippen LogP contribution is -2.32. The quantitative estimate of drug-likeness (QED) is 0.722. The van der Waals surface area contributed by atoms with Gasteiger partial charge in [0.05, 0.1) is 0 Å². The molecule has 0 radical (unpaired) electrons. The molecule has 0 unspecified atom stereocenters. The molecular weight excluding hydrogens is 332 g/mol. The Kier molecular flexibility index (Phi) is 5.75. The van der Waals surface area contributed by atoms with Gasteiger partial charge in [0.1, 0.15) is 5.82 Å². The SMILES string of the molecule is Cc1ccccc1/C(N)=C/C(=C(N)N)c1ccc(N2CCC(C)CC2)cc1. The molecule has 4 heteroatoms. The first kappa shape index (κ1) is 18.9. The largest absolute Gasteiger partial charge is 0.398 e. The molecule has 1 fully saturated rings. The highest BCUT2D eigenvalue weighted by atomic mass is 15.1. The van der Waals surface area contributed by atoms with Gasteiger partial charge in [0.2, 0.25) is 0 Å². The van der Waals surface area contributed by atoms with Crippen LogP contribution in [0.1, 0.15) is 36.5 Å². The molecule has 2 aromatic carbocycles. The van der Waals surface area contributed by atoms with Gasteiger partial charge < -0.3 is 22.1 Å². The molecule has 6 N–H and O–H groups in total. The number of nitrogens with zero attached hydrogens (tertiary/aromatic N) is 1. The Morgan fingerprint density at radius 1 is 0.963 bits per heavy atom. The maximum atomic E-state index is 6.34. The minimum Gasteiger partial charge on any atom is -0.398 e. The third-order valence-corrected chi connectivity index (χ3v) is 5.39. The van der Waals surface area contributed by atoms with Crippen LogP contribution in [0.4, 0.5) is 5.69 Å². The molecule has 0 bridgehead atoms. The summed E-state index contributed by atoms with van der Waals surface area (Å²) in [5.41, 5.74) is 24.0. The number of anilines is 1. The zero-order valence-corrected chi connectivity index (χ0v) is 16.3. The molecule has 0 spiro atoms. The fourth-order valence-corrected chi connectivity index (χ4v) is 3.58. The minimum absolute atomic E-state index is 0.270. The van der Waals surface area contributed by atoms with Gasteiger partial charge in [-0.25, -0.2) is 0 Å². The first-order chi connectivity index (χ1) is 13.0. The van der Waals surface area contributed by atoms with Crippen molar-refractivity contribution in [3.05, 3.63) is 77.1 Å². The Morgan fingerprint density at radius 2 is 1.59 bits per heavy atom. The summed E-state index contributed by atoms with van der Waals surface area (Å²) in [5.74, 6) is 1.09. The molecule has 0 amide bonds. The van der Waals surface area contributed by atoms with Crippen LogP contribution in [-0.2, 0) is 0 Å². The number of rotatable bonds is 4. The van der Waals surface area contributed by atoms with E-state index >= 15 is 0 Å². The van der Waals surface area contributed by atoms with Gasteiger partial charge in [-0.15, -0.1) is 0 Å². The maximum absolute atomic E-state index is 6.34. The van der Waals surface area contributed by atoms with E-state index in [1.165, 1.54) is 18.5 Å². The number of piperidine rings is 1. The van der Waals surface area contributed by atoms with Crippen LogP contribution in [0.15, 0.2) is 60.4 Å². The van der Waals surface area contributed by atoms with Gasteiger partial charge in [0.15, 0.2) is 0 Å². The van der Waals surface area contributed by atoms with Crippen molar-refractivity contribution < 1.29 is 0 Å². The minimum atomic E-state index is 0.270. The summed E-state index contributed by atoms with van der Waals surface area (Å²) in [6.45, 7) is 6.59. The fourth-order valence-electron chi connectivity index (χ4n) is 3.58. The molecule has 4 nitrogen and oxygen atoms in total. The first-order valence-corrected chi connectivity index (χ1v) is 9.59. The van der Waals surface area contributed by atoms with Crippen molar-refractivity contribution >= 4 is 17.0 Å². The first-order valence-electron chi connectivity index (χ1n) is 9.59. The molecule has 1 aliphatic heterocycles. The van der Waals surface area contributed by atoms with Crippen LogP contribution in [0.2, 0.25) is 0 Å². The Labute approximate surface area is 162 Å². The number of nitrogens with two attached hydrogens (primary N) is 3. The van der Waals surface area contributed by atoms with E-state index in [0.717, 1.165) is 41.3 Å². The van der Waals surface area contributed by atoms with E-state index in [4.69, 9.17) is 17.2 Å². The number of hydrogen-bond donors (Lipinski definition) is 3. The summed E-state index contributed by atoms with van der Waals surface area (Å²) in [6.07, 6.45) is 4.37. The lowest BCUT2D eigenvalue weighted by Gasteiger charge is -2.32. The van der Waals surface area contributed by atoms with Crippen molar-refractivity contribution in [1.82, 2.24) is 0 Å². The average molecular weight is 363 g/mol. The summed E-state index contributed by atoms with van der Waals surface area (Å²) in [7, 11) is 0. The highest BCUT2D eigenvalue weighted by molar-refractivity contribution is 5.85. The molecule has 0 saturated carbocycles. The van der Waals surface area contributed by atoms with Crippen LogP contribution in [0.3, 0.4) is 0 Å². The topological polar surface area (TPSA) is 81.3 Å². The lowest BCUT2D eigenvalue weighted by atomic mass is 9.97. The Bertz CT molecular complexity index is 837. The van der Waals surface area contributed by atoms with Gasteiger partial charge in [-0.2, -0.15) is 0 Å². The summed E-state index contributed by atoms with van der Waals surface area (Å²) >= 11 is 0. The summed E-state index contributed by atoms with van der Waals surface area (Å²) in [4.78, 5) is 2.44. The summed E-state index contributed by atoms with van der Waals surface area (Å²) in [5, 5.41) is 0. The molecule has 0 atom stereocenters. The van der Waals surface area contributed by atoms with Crippen molar-refractivity contribution in [2.24, 2.45) is 23.1 Å².